The number of alkyl halides is 4. The zero-order valence-electron chi connectivity index (χ0n) is 6.56. The van der Waals surface area contributed by atoms with E-state index < -0.39 is 23.7 Å². The normalized spacial score (nSPS) is 22.3. The van der Waals surface area contributed by atoms with Crippen LogP contribution in [0.15, 0.2) is 18.2 Å². The molecule has 1 aliphatic heterocycles. The molecule has 14 heavy (non-hydrogen) atoms. The van der Waals surface area contributed by atoms with E-state index >= 15 is 0 Å². The predicted octanol–water partition coefficient (Wildman–Crippen LogP) is 2.50. The van der Waals surface area contributed by atoms with Crippen molar-refractivity contribution in [1.29, 1.82) is 0 Å². The maximum Gasteiger partial charge on any atom is 0.540 e. The summed E-state index contributed by atoms with van der Waals surface area (Å²) >= 11 is 0. The number of rotatable bonds is 0. The van der Waals surface area contributed by atoms with Gasteiger partial charge in [-0.15, -0.1) is 8.78 Å². The SMILES string of the molecule is FC1(F)Oc2cc[c]cc2C(F)(F)O1. The first-order valence-electron chi connectivity index (χ1n) is 3.56. The number of ether oxygens (including phenoxy) is 2. The van der Waals surface area contributed by atoms with Crippen LogP contribution in [-0.2, 0) is 10.8 Å². The van der Waals surface area contributed by atoms with Crippen LogP contribution in [0.3, 0.4) is 0 Å². The molecule has 0 unspecified atom stereocenters. The fourth-order valence-corrected chi connectivity index (χ4v) is 1.09. The van der Waals surface area contributed by atoms with Crippen LogP contribution in [0.2, 0.25) is 0 Å². The zero-order chi connectivity index (χ0) is 10.4. The Bertz CT molecular complexity index is 364. The second-order valence-electron chi connectivity index (χ2n) is 2.61. The summed E-state index contributed by atoms with van der Waals surface area (Å²) in [6, 6.07) is 5.32. The minimum Gasteiger partial charge on any atom is -0.409 e. The molecule has 0 atom stereocenters. The van der Waals surface area contributed by atoms with Gasteiger partial charge in [0.2, 0.25) is 0 Å². The Morgan fingerprint density at radius 2 is 1.93 bits per heavy atom. The highest BCUT2D eigenvalue weighted by molar-refractivity contribution is 5.36. The van der Waals surface area contributed by atoms with Crippen LogP contribution in [0.1, 0.15) is 5.56 Å². The fraction of sp³-hybridized carbons (Fsp3) is 0.250. The standard InChI is InChI=1S/C8H3F4O2/c9-7(10)5-3-1-2-4-6(5)13-8(11,12)14-7/h2-4H. The van der Waals surface area contributed by atoms with Crippen molar-refractivity contribution < 1.29 is 27.0 Å². The Morgan fingerprint density at radius 1 is 1.21 bits per heavy atom. The Morgan fingerprint density at radius 3 is 2.64 bits per heavy atom. The van der Waals surface area contributed by atoms with Crippen LogP contribution in [0, 0.1) is 6.07 Å². The van der Waals surface area contributed by atoms with Gasteiger partial charge < -0.3 is 4.74 Å². The molecule has 0 fully saturated rings. The molecule has 0 amide bonds. The number of benzene rings is 1. The molecule has 2 rings (SSSR count). The topological polar surface area (TPSA) is 18.5 Å². The van der Waals surface area contributed by atoms with Gasteiger partial charge in [0.1, 0.15) is 5.75 Å². The van der Waals surface area contributed by atoms with E-state index in [9.17, 15) is 17.6 Å². The lowest BCUT2D eigenvalue weighted by Crippen LogP contribution is -2.40. The molecule has 1 heterocycles. The Labute approximate surface area is 76.0 Å². The van der Waals surface area contributed by atoms with E-state index in [1.165, 1.54) is 6.07 Å². The Balaban J connectivity index is 2.52. The first-order chi connectivity index (χ1) is 6.41. The summed E-state index contributed by atoms with van der Waals surface area (Å²) in [7, 11) is 0. The average Bonchev–Trinajstić information content (AvgIpc) is 2.00. The third kappa shape index (κ3) is 1.41. The minimum absolute atomic E-state index is 0.606. The van der Waals surface area contributed by atoms with E-state index in [0.29, 0.717) is 0 Å². The van der Waals surface area contributed by atoms with Gasteiger partial charge in [-0.05, 0) is 18.2 Å². The van der Waals surface area contributed by atoms with Gasteiger partial charge in [0.15, 0.2) is 0 Å². The van der Waals surface area contributed by atoms with E-state index in [1.807, 2.05) is 0 Å². The number of halogens is 4. The highest BCUT2D eigenvalue weighted by atomic mass is 19.3. The van der Waals surface area contributed by atoms with E-state index in [4.69, 9.17) is 0 Å². The van der Waals surface area contributed by atoms with E-state index in [1.54, 1.807) is 0 Å². The van der Waals surface area contributed by atoms with E-state index in [0.717, 1.165) is 12.1 Å². The largest absolute Gasteiger partial charge is 0.540 e. The van der Waals surface area contributed by atoms with Crippen molar-refractivity contribution in [2.24, 2.45) is 0 Å². The van der Waals surface area contributed by atoms with Crippen molar-refractivity contribution in [3.05, 3.63) is 29.8 Å². The smallest absolute Gasteiger partial charge is 0.409 e. The first kappa shape index (κ1) is 9.26. The molecule has 1 aromatic rings. The molecule has 0 bridgehead atoms. The van der Waals surface area contributed by atoms with Gasteiger partial charge in [0.25, 0.3) is 0 Å². The van der Waals surface area contributed by atoms with E-state index in [2.05, 4.69) is 15.5 Å². The summed E-state index contributed by atoms with van der Waals surface area (Å²) in [6.45, 7) is 0. The van der Waals surface area contributed by atoms with Gasteiger partial charge >= 0.3 is 12.4 Å². The van der Waals surface area contributed by atoms with Crippen LogP contribution in [0.4, 0.5) is 17.6 Å². The maximum atomic E-state index is 12.9. The molecular formula is C8H3F4O2. The lowest BCUT2D eigenvalue weighted by Gasteiger charge is -2.30. The van der Waals surface area contributed by atoms with Gasteiger partial charge in [-0.3, -0.25) is 0 Å². The summed E-state index contributed by atoms with van der Waals surface area (Å²) in [5, 5.41) is 0. The summed E-state index contributed by atoms with van der Waals surface area (Å²) in [5.41, 5.74) is -0.758. The predicted molar refractivity (Wildman–Crippen MR) is 35.8 cm³/mol. The highest BCUT2D eigenvalue weighted by Gasteiger charge is 2.54. The summed E-state index contributed by atoms with van der Waals surface area (Å²) in [4.78, 5) is 0. The average molecular weight is 207 g/mol. The van der Waals surface area contributed by atoms with Crippen LogP contribution >= 0.6 is 0 Å². The number of hydrogen-bond acceptors (Lipinski definition) is 2. The summed E-state index contributed by atoms with van der Waals surface area (Å²) in [5.74, 6) is -0.606. The second kappa shape index (κ2) is 2.60. The molecular weight excluding hydrogens is 204 g/mol. The molecule has 0 aromatic heterocycles. The molecule has 0 N–H and O–H groups in total. The first-order valence-corrected chi connectivity index (χ1v) is 3.56. The second-order valence-corrected chi connectivity index (χ2v) is 2.61. The molecule has 0 aliphatic carbocycles. The van der Waals surface area contributed by atoms with Crippen molar-refractivity contribution in [3.8, 4) is 5.75 Å². The fourth-order valence-electron chi connectivity index (χ4n) is 1.09. The monoisotopic (exact) mass is 207 g/mol. The Hall–Kier alpha value is -1.30. The van der Waals surface area contributed by atoms with Gasteiger partial charge in [0, 0.05) is 0 Å². The van der Waals surface area contributed by atoms with Gasteiger partial charge in [0.05, 0.1) is 5.56 Å². The molecule has 0 spiro atoms. The van der Waals surface area contributed by atoms with E-state index in [-0.39, 0.29) is 0 Å². The molecule has 1 aromatic carbocycles. The number of hydrogen-bond donors (Lipinski definition) is 0. The van der Waals surface area contributed by atoms with Crippen molar-refractivity contribution in [1.82, 2.24) is 0 Å². The van der Waals surface area contributed by atoms with Gasteiger partial charge in [-0.2, -0.15) is 8.78 Å². The summed E-state index contributed by atoms with van der Waals surface area (Å²) in [6.07, 6.45) is -8.37. The third-order valence-corrected chi connectivity index (χ3v) is 1.61. The molecule has 6 heteroatoms. The molecule has 1 aliphatic rings. The zero-order valence-corrected chi connectivity index (χ0v) is 6.56. The van der Waals surface area contributed by atoms with Crippen molar-refractivity contribution in [2.75, 3.05) is 0 Å². The quantitative estimate of drug-likeness (QED) is 0.608. The van der Waals surface area contributed by atoms with Crippen molar-refractivity contribution >= 4 is 0 Å². The molecule has 0 saturated heterocycles. The number of fused-ring (bicyclic) bond motifs is 1. The minimum atomic E-state index is -4.31. The molecule has 75 valence electrons. The van der Waals surface area contributed by atoms with Crippen LogP contribution < -0.4 is 4.74 Å². The Kier molecular flexibility index (Phi) is 1.72. The van der Waals surface area contributed by atoms with Crippen LogP contribution in [0.25, 0.3) is 0 Å². The van der Waals surface area contributed by atoms with Gasteiger partial charge in [-0.1, -0.05) is 6.07 Å². The lowest BCUT2D eigenvalue weighted by atomic mass is 10.2. The molecule has 0 saturated carbocycles. The van der Waals surface area contributed by atoms with Crippen LogP contribution in [-0.4, -0.2) is 6.29 Å². The molecule has 1 radical (unpaired) electrons. The summed E-state index contributed by atoms with van der Waals surface area (Å²) < 4.78 is 57.7. The van der Waals surface area contributed by atoms with Crippen LogP contribution in [0.5, 0.6) is 5.75 Å². The van der Waals surface area contributed by atoms with Gasteiger partial charge in [-0.25, -0.2) is 4.74 Å². The van der Waals surface area contributed by atoms with Crippen molar-refractivity contribution in [3.63, 3.8) is 0 Å². The highest BCUT2D eigenvalue weighted by Crippen LogP contribution is 2.45. The maximum absolute atomic E-state index is 12.9. The molecule has 2 nitrogen and oxygen atoms in total. The van der Waals surface area contributed by atoms with Crippen molar-refractivity contribution in [2.45, 2.75) is 12.4 Å². The third-order valence-electron chi connectivity index (χ3n) is 1.61. The lowest BCUT2D eigenvalue weighted by molar-refractivity contribution is -0.461.